The molecule has 0 saturated heterocycles. The van der Waals surface area contributed by atoms with Crippen molar-refractivity contribution < 1.29 is 4.79 Å². The minimum atomic E-state index is -0.123. The van der Waals surface area contributed by atoms with E-state index in [9.17, 15) is 4.79 Å². The van der Waals surface area contributed by atoms with Crippen LogP contribution < -0.4 is 5.73 Å². The lowest BCUT2D eigenvalue weighted by molar-refractivity contribution is 0.101. The Balaban J connectivity index is 3.33. The zero-order chi connectivity index (χ0) is 9.30. The lowest BCUT2D eigenvalue weighted by atomic mass is 10.2. The van der Waals surface area contributed by atoms with Crippen LogP contribution in [-0.4, -0.2) is 10.8 Å². The molecule has 0 aromatic carbocycles. The molecular formula is C8H9ClN2O. The van der Waals surface area contributed by atoms with E-state index in [0.29, 0.717) is 16.3 Å². The maximum Gasteiger partial charge on any atom is 0.163 e. The Labute approximate surface area is 75.6 Å². The van der Waals surface area contributed by atoms with Gasteiger partial charge in [-0.05, 0) is 19.9 Å². The maximum atomic E-state index is 11.0. The molecule has 0 atom stereocenters. The molecule has 0 spiro atoms. The first-order valence-corrected chi connectivity index (χ1v) is 3.83. The molecule has 1 aromatic rings. The molecule has 1 heterocycles. The average molecular weight is 185 g/mol. The molecule has 0 aliphatic heterocycles. The Morgan fingerprint density at radius 3 is 2.75 bits per heavy atom. The van der Waals surface area contributed by atoms with Gasteiger partial charge in [-0.1, -0.05) is 11.6 Å². The minimum absolute atomic E-state index is 0.123. The molecule has 64 valence electrons. The highest BCUT2D eigenvalue weighted by atomic mass is 35.5. The summed E-state index contributed by atoms with van der Waals surface area (Å²) in [6.07, 6.45) is 0. The van der Waals surface area contributed by atoms with Gasteiger partial charge in [0.25, 0.3) is 0 Å². The molecule has 0 radical (unpaired) electrons. The summed E-state index contributed by atoms with van der Waals surface area (Å²) >= 11 is 5.76. The van der Waals surface area contributed by atoms with Gasteiger partial charge in [0.2, 0.25) is 0 Å². The Bertz CT molecular complexity index is 336. The average Bonchev–Trinajstić information content (AvgIpc) is 1.96. The number of ketones is 1. The van der Waals surface area contributed by atoms with Gasteiger partial charge in [0, 0.05) is 0 Å². The van der Waals surface area contributed by atoms with Crippen molar-refractivity contribution in [1.29, 1.82) is 0 Å². The smallest absolute Gasteiger partial charge is 0.163 e. The maximum absolute atomic E-state index is 11.0. The van der Waals surface area contributed by atoms with Crippen LogP contribution in [-0.2, 0) is 0 Å². The fourth-order valence-corrected chi connectivity index (χ4v) is 1.03. The number of nitrogens with two attached hydrogens (primary N) is 1. The summed E-state index contributed by atoms with van der Waals surface area (Å²) in [4.78, 5) is 14.9. The van der Waals surface area contributed by atoms with Gasteiger partial charge in [-0.2, -0.15) is 0 Å². The number of rotatable bonds is 1. The van der Waals surface area contributed by atoms with Crippen LogP contribution in [0.2, 0.25) is 5.02 Å². The second-order valence-corrected chi connectivity index (χ2v) is 2.95. The fourth-order valence-electron chi connectivity index (χ4n) is 0.881. The number of hydrogen-bond donors (Lipinski definition) is 1. The third-order valence-electron chi connectivity index (χ3n) is 1.56. The van der Waals surface area contributed by atoms with Crippen LogP contribution >= 0.6 is 11.6 Å². The van der Waals surface area contributed by atoms with Gasteiger partial charge in [0.1, 0.15) is 5.82 Å². The molecule has 0 fully saturated rings. The number of hydrogen-bond acceptors (Lipinski definition) is 3. The van der Waals surface area contributed by atoms with Crippen molar-refractivity contribution in [2.24, 2.45) is 0 Å². The largest absolute Gasteiger partial charge is 0.383 e. The summed E-state index contributed by atoms with van der Waals surface area (Å²) in [5.41, 5.74) is 6.52. The highest BCUT2D eigenvalue weighted by molar-refractivity contribution is 6.31. The zero-order valence-corrected chi connectivity index (χ0v) is 7.64. The van der Waals surface area contributed by atoms with Gasteiger partial charge in [0.15, 0.2) is 5.78 Å². The molecule has 0 bridgehead atoms. The molecule has 0 unspecified atom stereocenters. The molecule has 1 aromatic heterocycles. The van der Waals surface area contributed by atoms with Crippen LogP contribution in [0, 0.1) is 6.92 Å². The first-order valence-electron chi connectivity index (χ1n) is 3.46. The molecule has 1 rings (SSSR count). The summed E-state index contributed by atoms with van der Waals surface area (Å²) in [5.74, 6) is 0.117. The van der Waals surface area contributed by atoms with E-state index in [0.717, 1.165) is 0 Å². The van der Waals surface area contributed by atoms with Crippen molar-refractivity contribution in [3.05, 3.63) is 22.3 Å². The van der Waals surface area contributed by atoms with E-state index in [1.54, 1.807) is 13.0 Å². The SMILES string of the molecule is CC(=O)c1cc(Cl)c(C)nc1N. The van der Waals surface area contributed by atoms with E-state index in [-0.39, 0.29) is 11.6 Å². The standard InChI is InChI=1S/C8H9ClN2O/c1-4-7(9)3-6(5(2)12)8(10)11-4/h3H,1-2H3,(H2,10,11). The van der Waals surface area contributed by atoms with Crippen LogP contribution in [0.15, 0.2) is 6.07 Å². The molecule has 0 aliphatic carbocycles. The monoisotopic (exact) mass is 184 g/mol. The third-order valence-corrected chi connectivity index (χ3v) is 1.94. The van der Waals surface area contributed by atoms with Crippen LogP contribution in [0.25, 0.3) is 0 Å². The van der Waals surface area contributed by atoms with E-state index in [1.807, 2.05) is 0 Å². The van der Waals surface area contributed by atoms with E-state index in [2.05, 4.69) is 4.98 Å². The predicted molar refractivity (Wildman–Crippen MR) is 48.4 cm³/mol. The highest BCUT2D eigenvalue weighted by Crippen LogP contribution is 2.19. The van der Waals surface area contributed by atoms with Gasteiger partial charge in [0.05, 0.1) is 16.3 Å². The second kappa shape index (κ2) is 3.11. The number of nitrogen functional groups attached to an aromatic ring is 1. The number of carbonyl (C=O) groups excluding carboxylic acids is 1. The van der Waals surface area contributed by atoms with Crippen LogP contribution in [0.1, 0.15) is 23.0 Å². The lowest BCUT2D eigenvalue weighted by Gasteiger charge is -2.03. The predicted octanol–water partition coefficient (Wildman–Crippen LogP) is 1.83. The van der Waals surface area contributed by atoms with Crippen LogP contribution in [0.3, 0.4) is 0 Å². The number of nitrogens with zero attached hydrogens (tertiary/aromatic N) is 1. The molecule has 0 amide bonds. The van der Waals surface area contributed by atoms with Crippen LogP contribution in [0.4, 0.5) is 5.82 Å². The summed E-state index contributed by atoms with van der Waals surface area (Å²) in [5, 5.41) is 0.467. The summed E-state index contributed by atoms with van der Waals surface area (Å²) < 4.78 is 0. The van der Waals surface area contributed by atoms with Crippen molar-refractivity contribution >= 4 is 23.2 Å². The van der Waals surface area contributed by atoms with E-state index in [4.69, 9.17) is 17.3 Å². The minimum Gasteiger partial charge on any atom is -0.383 e. The van der Waals surface area contributed by atoms with E-state index in [1.165, 1.54) is 6.92 Å². The Morgan fingerprint density at radius 2 is 2.25 bits per heavy atom. The van der Waals surface area contributed by atoms with Crippen molar-refractivity contribution in [3.63, 3.8) is 0 Å². The first kappa shape index (κ1) is 9.00. The molecule has 4 heteroatoms. The number of pyridine rings is 1. The molecule has 0 saturated carbocycles. The number of anilines is 1. The Kier molecular flexibility index (Phi) is 2.33. The zero-order valence-electron chi connectivity index (χ0n) is 6.89. The van der Waals surface area contributed by atoms with Gasteiger partial charge in [-0.15, -0.1) is 0 Å². The molecule has 2 N–H and O–H groups in total. The van der Waals surface area contributed by atoms with Crippen molar-refractivity contribution in [3.8, 4) is 0 Å². The molecule has 12 heavy (non-hydrogen) atoms. The highest BCUT2D eigenvalue weighted by Gasteiger charge is 2.08. The number of carbonyl (C=O) groups is 1. The van der Waals surface area contributed by atoms with E-state index < -0.39 is 0 Å². The summed E-state index contributed by atoms with van der Waals surface area (Å²) in [7, 11) is 0. The number of Topliss-reactive ketones (excluding diaryl/α,β-unsaturated/α-hetero) is 1. The van der Waals surface area contributed by atoms with Crippen LogP contribution in [0.5, 0.6) is 0 Å². The lowest BCUT2D eigenvalue weighted by Crippen LogP contribution is -2.03. The Morgan fingerprint density at radius 1 is 1.67 bits per heavy atom. The summed E-state index contributed by atoms with van der Waals surface area (Å²) in [6.45, 7) is 3.17. The van der Waals surface area contributed by atoms with Gasteiger partial charge in [-0.25, -0.2) is 4.98 Å². The Hall–Kier alpha value is -1.09. The van der Waals surface area contributed by atoms with Crippen molar-refractivity contribution in [2.75, 3.05) is 5.73 Å². The van der Waals surface area contributed by atoms with E-state index >= 15 is 0 Å². The van der Waals surface area contributed by atoms with Crippen molar-refractivity contribution in [1.82, 2.24) is 4.98 Å². The van der Waals surface area contributed by atoms with Gasteiger partial charge in [-0.3, -0.25) is 4.79 Å². The molecule has 0 aliphatic rings. The number of aryl methyl sites for hydroxylation is 1. The summed E-state index contributed by atoms with van der Waals surface area (Å²) in [6, 6.07) is 1.54. The quantitative estimate of drug-likeness (QED) is 0.678. The topological polar surface area (TPSA) is 56.0 Å². The van der Waals surface area contributed by atoms with Gasteiger partial charge < -0.3 is 5.73 Å². The third kappa shape index (κ3) is 1.56. The second-order valence-electron chi connectivity index (χ2n) is 2.54. The normalized spacial score (nSPS) is 9.92. The fraction of sp³-hybridized carbons (Fsp3) is 0.250. The molecule has 3 nitrogen and oxygen atoms in total. The number of halogens is 1. The number of aromatic nitrogens is 1. The van der Waals surface area contributed by atoms with Crippen molar-refractivity contribution in [2.45, 2.75) is 13.8 Å². The first-order chi connectivity index (χ1) is 5.52. The van der Waals surface area contributed by atoms with Gasteiger partial charge >= 0.3 is 0 Å². The molecular weight excluding hydrogens is 176 g/mol.